The Balaban J connectivity index is 2.13. The maximum Gasteiger partial charge on any atom is 0.306 e. The highest BCUT2D eigenvalue weighted by atomic mass is 16.5. The van der Waals surface area contributed by atoms with E-state index in [0.29, 0.717) is 6.42 Å². The molecule has 1 rings (SSSR count). The summed E-state index contributed by atoms with van der Waals surface area (Å²) in [5, 5.41) is 0. The molecule has 13 heavy (non-hydrogen) atoms. The Bertz CT molecular complexity index is 185. The largest absolute Gasteiger partial charge is 0.462 e. The van der Waals surface area contributed by atoms with Crippen LogP contribution in [0.25, 0.3) is 0 Å². The quantitative estimate of drug-likeness (QED) is 0.493. The monoisotopic (exact) mass is 182 g/mol. The molecule has 1 aliphatic heterocycles. The predicted molar refractivity (Wildman–Crippen MR) is 52.4 cm³/mol. The molecule has 0 bridgehead atoms. The molecule has 0 aromatic carbocycles. The highest BCUT2D eigenvalue weighted by Gasteiger charge is 2.18. The van der Waals surface area contributed by atoms with Crippen molar-refractivity contribution in [3.8, 4) is 0 Å². The zero-order valence-corrected chi connectivity index (χ0v) is 8.29. The average molecular weight is 182 g/mol. The van der Waals surface area contributed by atoms with E-state index in [0.717, 1.165) is 32.1 Å². The summed E-state index contributed by atoms with van der Waals surface area (Å²) in [6, 6.07) is 0. The summed E-state index contributed by atoms with van der Waals surface area (Å²) in [4.78, 5) is 10.9. The fourth-order valence-corrected chi connectivity index (χ4v) is 1.55. The molecule has 0 aromatic heterocycles. The first kappa shape index (κ1) is 10.3. The Morgan fingerprint density at radius 3 is 3.08 bits per heavy atom. The molecular formula is C11H18O2. The Hall–Kier alpha value is -0.790. The van der Waals surface area contributed by atoms with Crippen LogP contribution in [0.15, 0.2) is 12.2 Å². The first-order valence-electron chi connectivity index (χ1n) is 5.17. The van der Waals surface area contributed by atoms with Crippen LogP contribution < -0.4 is 0 Å². The number of carbonyl (C=O) groups is 1. The minimum atomic E-state index is -0.0179. The maximum absolute atomic E-state index is 10.9. The molecule has 0 saturated carbocycles. The van der Waals surface area contributed by atoms with Crippen LogP contribution in [-0.2, 0) is 9.53 Å². The highest BCUT2D eigenvalue weighted by molar-refractivity contribution is 5.70. The smallest absolute Gasteiger partial charge is 0.306 e. The van der Waals surface area contributed by atoms with Crippen LogP contribution in [0.4, 0.5) is 0 Å². The van der Waals surface area contributed by atoms with Crippen molar-refractivity contribution in [1.82, 2.24) is 0 Å². The fourth-order valence-electron chi connectivity index (χ4n) is 1.55. The minimum Gasteiger partial charge on any atom is -0.462 e. The molecule has 74 valence electrons. The summed E-state index contributed by atoms with van der Waals surface area (Å²) in [6.45, 7) is 2.12. The van der Waals surface area contributed by atoms with Gasteiger partial charge < -0.3 is 4.74 Å². The molecule has 0 amide bonds. The summed E-state index contributed by atoms with van der Waals surface area (Å²) in [5.74, 6) is -0.0179. The van der Waals surface area contributed by atoms with Crippen molar-refractivity contribution in [3.05, 3.63) is 12.2 Å². The Labute approximate surface area is 80.0 Å². The number of hydrogen-bond acceptors (Lipinski definition) is 2. The molecule has 0 N–H and O–H groups in total. The Morgan fingerprint density at radius 1 is 1.54 bits per heavy atom. The van der Waals surface area contributed by atoms with Gasteiger partial charge in [0.05, 0.1) is 0 Å². The molecule has 2 nitrogen and oxygen atoms in total. The number of hydrogen-bond donors (Lipinski definition) is 0. The number of carbonyl (C=O) groups excluding carboxylic acids is 1. The normalized spacial score (nSPS) is 23.5. The van der Waals surface area contributed by atoms with E-state index in [1.165, 1.54) is 0 Å². The van der Waals surface area contributed by atoms with Crippen LogP contribution in [0.3, 0.4) is 0 Å². The van der Waals surface area contributed by atoms with Crippen molar-refractivity contribution < 1.29 is 9.53 Å². The molecule has 1 aliphatic rings. The first-order chi connectivity index (χ1) is 6.33. The molecule has 0 spiro atoms. The third-order valence-corrected chi connectivity index (χ3v) is 2.26. The van der Waals surface area contributed by atoms with E-state index >= 15 is 0 Å². The van der Waals surface area contributed by atoms with Gasteiger partial charge >= 0.3 is 5.97 Å². The van der Waals surface area contributed by atoms with E-state index < -0.39 is 0 Å². The highest BCUT2D eigenvalue weighted by Crippen LogP contribution is 2.18. The SMILES string of the molecule is CC/C=C\CCC1CCCC(=O)O1. The van der Waals surface area contributed by atoms with Crippen molar-refractivity contribution in [2.45, 2.75) is 51.6 Å². The second-order valence-electron chi connectivity index (χ2n) is 3.46. The van der Waals surface area contributed by atoms with Gasteiger partial charge in [0.2, 0.25) is 0 Å². The van der Waals surface area contributed by atoms with Crippen LogP contribution in [0.2, 0.25) is 0 Å². The van der Waals surface area contributed by atoms with Crippen LogP contribution in [0.1, 0.15) is 45.4 Å². The van der Waals surface area contributed by atoms with Crippen LogP contribution >= 0.6 is 0 Å². The third kappa shape index (κ3) is 4.11. The van der Waals surface area contributed by atoms with Gasteiger partial charge in [0.1, 0.15) is 6.10 Å². The summed E-state index contributed by atoms with van der Waals surface area (Å²) < 4.78 is 5.19. The van der Waals surface area contributed by atoms with Gasteiger partial charge in [-0.2, -0.15) is 0 Å². The van der Waals surface area contributed by atoms with Gasteiger partial charge in [-0.05, 0) is 32.1 Å². The molecule has 1 unspecified atom stereocenters. The minimum absolute atomic E-state index is 0.0179. The summed E-state index contributed by atoms with van der Waals surface area (Å²) >= 11 is 0. The van der Waals surface area contributed by atoms with Gasteiger partial charge in [0.15, 0.2) is 0 Å². The van der Waals surface area contributed by atoms with Gasteiger partial charge in [0, 0.05) is 6.42 Å². The summed E-state index contributed by atoms with van der Waals surface area (Å²) in [5.41, 5.74) is 0. The zero-order valence-electron chi connectivity index (χ0n) is 8.29. The van der Waals surface area contributed by atoms with Gasteiger partial charge in [-0.25, -0.2) is 0 Å². The van der Waals surface area contributed by atoms with Crippen LogP contribution in [0.5, 0.6) is 0 Å². The van der Waals surface area contributed by atoms with Gasteiger partial charge in [-0.1, -0.05) is 19.1 Å². The average Bonchev–Trinajstić information content (AvgIpc) is 2.13. The second-order valence-corrected chi connectivity index (χ2v) is 3.46. The fraction of sp³-hybridized carbons (Fsp3) is 0.727. The van der Waals surface area contributed by atoms with Crippen LogP contribution in [0, 0.1) is 0 Å². The molecule has 0 aromatic rings. The molecule has 1 atom stereocenters. The van der Waals surface area contributed by atoms with Crippen molar-refractivity contribution in [2.24, 2.45) is 0 Å². The van der Waals surface area contributed by atoms with E-state index in [4.69, 9.17) is 4.74 Å². The van der Waals surface area contributed by atoms with E-state index in [1.807, 2.05) is 0 Å². The van der Waals surface area contributed by atoms with E-state index in [9.17, 15) is 4.79 Å². The molecule has 1 heterocycles. The van der Waals surface area contributed by atoms with Crippen molar-refractivity contribution in [2.75, 3.05) is 0 Å². The summed E-state index contributed by atoms with van der Waals surface area (Å²) in [6.07, 6.45) is 10.3. The Morgan fingerprint density at radius 2 is 2.38 bits per heavy atom. The lowest BCUT2D eigenvalue weighted by Crippen LogP contribution is -2.23. The molecule has 1 saturated heterocycles. The lowest BCUT2D eigenvalue weighted by atomic mass is 10.0. The molecule has 2 heteroatoms. The summed E-state index contributed by atoms with van der Waals surface area (Å²) in [7, 11) is 0. The molecule has 0 radical (unpaired) electrons. The lowest BCUT2D eigenvalue weighted by molar-refractivity contribution is -0.153. The number of ether oxygens (including phenoxy) is 1. The van der Waals surface area contributed by atoms with Crippen molar-refractivity contribution >= 4 is 5.97 Å². The second kappa shape index (κ2) is 5.79. The first-order valence-corrected chi connectivity index (χ1v) is 5.17. The van der Waals surface area contributed by atoms with E-state index in [-0.39, 0.29) is 12.1 Å². The van der Waals surface area contributed by atoms with E-state index in [2.05, 4.69) is 19.1 Å². The molecule has 0 aliphatic carbocycles. The van der Waals surface area contributed by atoms with E-state index in [1.54, 1.807) is 0 Å². The van der Waals surface area contributed by atoms with Crippen molar-refractivity contribution in [3.63, 3.8) is 0 Å². The number of esters is 1. The van der Waals surface area contributed by atoms with Gasteiger partial charge in [-0.15, -0.1) is 0 Å². The number of rotatable bonds is 4. The molecule has 1 fully saturated rings. The zero-order chi connectivity index (χ0) is 9.52. The predicted octanol–water partition coefficient (Wildman–Crippen LogP) is 2.83. The maximum atomic E-state index is 10.9. The van der Waals surface area contributed by atoms with Gasteiger partial charge in [0.25, 0.3) is 0 Å². The number of allylic oxidation sites excluding steroid dienone is 2. The topological polar surface area (TPSA) is 26.3 Å². The van der Waals surface area contributed by atoms with Crippen molar-refractivity contribution in [1.29, 1.82) is 0 Å². The third-order valence-electron chi connectivity index (χ3n) is 2.26. The Kier molecular flexibility index (Phi) is 4.58. The lowest BCUT2D eigenvalue weighted by Gasteiger charge is -2.21. The number of cyclic esters (lactones) is 1. The molecular weight excluding hydrogens is 164 g/mol. The standard InChI is InChI=1S/C11H18O2/c1-2-3-4-5-7-10-8-6-9-11(12)13-10/h3-4,10H,2,5-9H2,1H3/b4-3-. The van der Waals surface area contributed by atoms with Gasteiger partial charge in [-0.3, -0.25) is 4.79 Å². The van der Waals surface area contributed by atoms with Crippen LogP contribution in [-0.4, -0.2) is 12.1 Å².